The Morgan fingerprint density at radius 3 is 2.65 bits per heavy atom. The molecule has 1 heterocycles. The van der Waals surface area contributed by atoms with E-state index in [9.17, 15) is 0 Å². The first kappa shape index (κ1) is 11.5. The number of nitrogens with two attached hydrogens (primary N) is 1. The van der Waals surface area contributed by atoms with E-state index in [2.05, 4.69) is 11.2 Å². The van der Waals surface area contributed by atoms with E-state index in [1.165, 1.54) is 0 Å². The highest BCUT2D eigenvalue weighted by atomic mass is 35.5. The molecule has 0 unspecified atom stereocenters. The minimum atomic E-state index is 0.403. The molecule has 0 bridgehead atoms. The van der Waals surface area contributed by atoms with Crippen LogP contribution in [0.25, 0.3) is 5.69 Å². The fraction of sp³-hybridized carbons (Fsp3) is 0.167. The SMILES string of the molecule is Cc1nn(-c2cccc(Cl)c2C#N)c(C)c1N. The van der Waals surface area contributed by atoms with Crippen molar-refractivity contribution in [1.29, 1.82) is 5.26 Å². The van der Waals surface area contributed by atoms with Crippen LogP contribution < -0.4 is 5.73 Å². The molecule has 1 aromatic carbocycles. The second-order valence-electron chi connectivity index (χ2n) is 3.74. The number of hydrogen-bond donors (Lipinski definition) is 1. The first-order valence-corrected chi connectivity index (χ1v) is 5.44. The van der Waals surface area contributed by atoms with Crippen LogP contribution in [0.4, 0.5) is 5.69 Å². The molecule has 0 aliphatic heterocycles. The zero-order chi connectivity index (χ0) is 12.6. The van der Waals surface area contributed by atoms with Gasteiger partial charge in [-0.2, -0.15) is 10.4 Å². The van der Waals surface area contributed by atoms with E-state index in [1.54, 1.807) is 22.9 Å². The molecule has 0 aliphatic rings. The molecule has 0 radical (unpaired) electrons. The standard InChI is InChI=1S/C12H11ClN4/c1-7-12(15)8(2)17(16-7)11-5-3-4-10(13)9(11)6-14/h3-5H,15H2,1-2H3. The number of anilines is 1. The van der Waals surface area contributed by atoms with Crippen LogP contribution >= 0.6 is 11.6 Å². The van der Waals surface area contributed by atoms with Crippen molar-refractivity contribution in [3.63, 3.8) is 0 Å². The van der Waals surface area contributed by atoms with E-state index in [4.69, 9.17) is 22.6 Å². The van der Waals surface area contributed by atoms with Gasteiger partial charge in [0.25, 0.3) is 0 Å². The van der Waals surface area contributed by atoms with Gasteiger partial charge in [-0.15, -0.1) is 0 Å². The summed E-state index contributed by atoms with van der Waals surface area (Å²) in [4.78, 5) is 0. The van der Waals surface area contributed by atoms with Crippen LogP contribution in [-0.4, -0.2) is 9.78 Å². The Bertz CT molecular complexity index is 622. The summed E-state index contributed by atoms with van der Waals surface area (Å²) < 4.78 is 1.65. The van der Waals surface area contributed by atoms with Crippen molar-refractivity contribution >= 4 is 17.3 Å². The number of halogens is 1. The fourth-order valence-electron chi connectivity index (χ4n) is 1.69. The lowest BCUT2D eigenvalue weighted by molar-refractivity contribution is 0.831. The second kappa shape index (κ2) is 4.11. The Balaban J connectivity index is 2.74. The number of nitrogens with zero attached hydrogens (tertiary/aromatic N) is 3. The third kappa shape index (κ3) is 1.75. The van der Waals surface area contributed by atoms with Crippen molar-refractivity contribution in [2.24, 2.45) is 0 Å². The van der Waals surface area contributed by atoms with Crippen LogP contribution in [0.3, 0.4) is 0 Å². The molecule has 17 heavy (non-hydrogen) atoms. The van der Waals surface area contributed by atoms with E-state index < -0.39 is 0 Å². The van der Waals surface area contributed by atoms with E-state index in [-0.39, 0.29) is 0 Å². The fourth-order valence-corrected chi connectivity index (χ4v) is 1.90. The van der Waals surface area contributed by atoms with Gasteiger partial charge in [0.2, 0.25) is 0 Å². The normalized spacial score (nSPS) is 10.2. The predicted molar refractivity (Wildman–Crippen MR) is 67.2 cm³/mol. The highest BCUT2D eigenvalue weighted by Crippen LogP contribution is 2.25. The maximum atomic E-state index is 9.12. The molecule has 2 rings (SSSR count). The summed E-state index contributed by atoms with van der Waals surface area (Å²) in [6, 6.07) is 7.34. The third-order valence-electron chi connectivity index (χ3n) is 2.68. The topological polar surface area (TPSA) is 67.6 Å². The average molecular weight is 247 g/mol. The van der Waals surface area contributed by atoms with Crippen LogP contribution in [0.2, 0.25) is 5.02 Å². The van der Waals surface area contributed by atoms with E-state index in [1.807, 2.05) is 13.8 Å². The Labute approximate surface area is 104 Å². The molecule has 86 valence electrons. The van der Waals surface area contributed by atoms with Crippen LogP contribution in [0.15, 0.2) is 18.2 Å². The summed E-state index contributed by atoms with van der Waals surface area (Å²) in [6.45, 7) is 3.69. The number of aryl methyl sites for hydroxylation is 1. The summed E-state index contributed by atoms with van der Waals surface area (Å²) in [6.07, 6.45) is 0. The first-order chi connectivity index (χ1) is 8.06. The van der Waals surface area contributed by atoms with Gasteiger partial charge in [-0.1, -0.05) is 17.7 Å². The molecule has 0 saturated carbocycles. The second-order valence-corrected chi connectivity index (χ2v) is 4.15. The number of nitrogen functional groups attached to an aromatic ring is 1. The number of rotatable bonds is 1. The molecule has 4 nitrogen and oxygen atoms in total. The lowest BCUT2D eigenvalue weighted by Gasteiger charge is -2.07. The van der Waals surface area contributed by atoms with Gasteiger partial charge in [-0.05, 0) is 26.0 Å². The van der Waals surface area contributed by atoms with Crippen LogP contribution in [0.1, 0.15) is 17.0 Å². The highest BCUT2D eigenvalue weighted by molar-refractivity contribution is 6.32. The van der Waals surface area contributed by atoms with Gasteiger partial charge in [0.05, 0.1) is 33.3 Å². The Kier molecular flexibility index (Phi) is 2.78. The van der Waals surface area contributed by atoms with Crippen molar-refractivity contribution < 1.29 is 0 Å². The van der Waals surface area contributed by atoms with Gasteiger partial charge in [0.1, 0.15) is 6.07 Å². The van der Waals surface area contributed by atoms with Gasteiger partial charge in [-0.25, -0.2) is 4.68 Å². The summed E-state index contributed by atoms with van der Waals surface area (Å²) in [5.41, 5.74) is 9.11. The predicted octanol–water partition coefficient (Wildman–Crippen LogP) is 2.60. The molecule has 0 atom stereocenters. The maximum absolute atomic E-state index is 9.12. The van der Waals surface area contributed by atoms with Gasteiger partial charge >= 0.3 is 0 Å². The van der Waals surface area contributed by atoms with Crippen molar-refractivity contribution in [2.75, 3.05) is 5.73 Å². The monoisotopic (exact) mass is 246 g/mol. The smallest absolute Gasteiger partial charge is 0.103 e. The largest absolute Gasteiger partial charge is 0.396 e. The number of nitriles is 1. The molecule has 0 aliphatic carbocycles. The number of benzene rings is 1. The lowest BCUT2D eigenvalue weighted by atomic mass is 10.2. The Morgan fingerprint density at radius 1 is 1.41 bits per heavy atom. The van der Waals surface area contributed by atoms with Gasteiger partial charge in [0, 0.05) is 0 Å². The van der Waals surface area contributed by atoms with Gasteiger partial charge in [0.15, 0.2) is 0 Å². The van der Waals surface area contributed by atoms with Crippen molar-refractivity contribution in [3.05, 3.63) is 40.2 Å². The Morgan fingerprint density at radius 2 is 2.12 bits per heavy atom. The zero-order valence-electron chi connectivity index (χ0n) is 9.53. The lowest BCUT2D eigenvalue weighted by Crippen LogP contribution is -2.02. The average Bonchev–Trinajstić information content (AvgIpc) is 2.56. The van der Waals surface area contributed by atoms with Crippen molar-refractivity contribution in [1.82, 2.24) is 9.78 Å². The van der Waals surface area contributed by atoms with Crippen molar-refractivity contribution in [3.8, 4) is 11.8 Å². The molecule has 2 aromatic rings. The van der Waals surface area contributed by atoms with Gasteiger partial charge in [-0.3, -0.25) is 0 Å². The van der Waals surface area contributed by atoms with Crippen LogP contribution in [0, 0.1) is 25.2 Å². The molecule has 1 aromatic heterocycles. The minimum Gasteiger partial charge on any atom is -0.396 e. The van der Waals surface area contributed by atoms with Crippen molar-refractivity contribution in [2.45, 2.75) is 13.8 Å². The molecule has 5 heteroatoms. The van der Waals surface area contributed by atoms with Gasteiger partial charge < -0.3 is 5.73 Å². The molecular weight excluding hydrogens is 236 g/mol. The Hall–Kier alpha value is -1.99. The molecule has 0 fully saturated rings. The summed E-state index contributed by atoms with van der Waals surface area (Å²) in [5.74, 6) is 0. The minimum absolute atomic E-state index is 0.403. The number of aromatic nitrogens is 2. The highest BCUT2D eigenvalue weighted by Gasteiger charge is 2.14. The van der Waals surface area contributed by atoms with E-state index in [0.717, 1.165) is 11.4 Å². The molecule has 2 N–H and O–H groups in total. The van der Waals surface area contributed by atoms with Crippen LogP contribution in [-0.2, 0) is 0 Å². The summed E-state index contributed by atoms with van der Waals surface area (Å²) >= 11 is 5.98. The van der Waals surface area contributed by atoms with E-state index >= 15 is 0 Å². The quantitative estimate of drug-likeness (QED) is 0.841. The van der Waals surface area contributed by atoms with Crippen LogP contribution in [0.5, 0.6) is 0 Å². The molecular formula is C12H11ClN4. The molecule has 0 spiro atoms. The third-order valence-corrected chi connectivity index (χ3v) is 2.99. The number of hydrogen-bond acceptors (Lipinski definition) is 3. The zero-order valence-corrected chi connectivity index (χ0v) is 10.3. The summed E-state index contributed by atoms with van der Waals surface area (Å²) in [7, 11) is 0. The first-order valence-electron chi connectivity index (χ1n) is 5.07. The molecule has 0 amide bonds. The summed E-state index contributed by atoms with van der Waals surface area (Å²) in [5, 5.41) is 13.8. The molecule has 0 saturated heterocycles. The van der Waals surface area contributed by atoms with E-state index in [0.29, 0.717) is 22.0 Å². The maximum Gasteiger partial charge on any atom is 0.103 e.